The maximum Gasteiger partial charge on any atom is 0.138 e. The average molecular weight is 313 g/mol. The Hall–Kier alpha value is -1.74. The van der Waals surface area contributed by atoms with E-state index < -0.39 is 0 Å². The van der Waals surface area contributed by atoms with Crippen molar-refractivity contribution in [2.75, 3.05) is 13.7 Å². The van der Waals surface area contributed by atoms with Crippen LogP contribution in [-0.2, 0) is 4.74 Å². The van der Waals surface area contributed by atoms with Gasteiger partial charge < -0.3 is 9.64 Å². The van der Waals surface area contributed by atoms with Crippen molar-refractivity contribution in [2.24, 2.45) is 5.92 Å². The van der Waals surface area contributed by atoms with Crippen molar-refractivity contribution in [3.05, 3.63) is 64.4 Å². The fourth-order valence-electron chi connectivity index (χ4n) is 3.15. The summed E-state index contributed by atoms with van der Waals surface area (Å²) >= 11 is 1.74. The minimum absolute atomic E-state index is 0.538. The SMILES string of the molecule is C=C1C(C/C=C/c2ccsc2)CCN1C1=CCCC=C1OC. The summed E-state index contributed by atoms with van der Waals surface area (Å²) in [6.45, 7) is 5.39. The second-order valence-electron chi connectivity index (χ2n) is 5.76. The molecule has 2 nitrogen and oxygen atoms in total. The maximum atomic E-state index is 5.53. The highest BCUT2D eigenvalue weighted by molar-refractivity contribution is 7.08. The molecule has 0 spiro atoms. The van der Waals surface area contributed by atoms with E-state index in [9.17, 15) is 0 Å². The van der Waals surface area contributed by atoms with E-state index in [1.165, 1.54) is 23.4 Å². The summed E-state index contributed by atoms with van der Waals surface area (Å²) in [6.07, 6.45) is 13.4. The van der Waals surface area contributed by atoms with Crippen LogP contribution in [0.2, 0.25) is 0 Å². The summed E-state index contributed by atoms with van der Waals surface area (Å²) in [5.74, 6) is 1.54. The van der Waals surface area contributed by atoms with E-state index in [2.05, 4.69) is 52.6 Å². The summed E-state index contributed by atoms with van der Waals surface area (Å²) in [4.78, 5) is 2.34. The van der Waals surface area contributed by atoms with Crippen LogP contribution in [0.5, 0.6) is 0 Å². The lowest BCUT2D eigenvalue weighted by molar-refractivity contribution is 0.273. The van der Waals surface area contributed by atoms with Crippen LogP contribution in [0.4, 0.5) is 0 Å². The molecule has 116 valence electrons. The van der Waals surface area contributed by atoms with Gasteiger partial charge in [0.25, 0.3) is 0 Å². The van der Waals surface area contributed by atoms with Crippen molar-refractivity contribution in [1.29, 1.82) is 0 Å². The first-order valence-electron chi connectivity index (χ1n) is 7.89. The van der Waals surface area contributed by atoms with Gasteiger partial charge in [-0.1, -0.05) is 24.8 Å². The summed E-state index contributed by atoms with van der Waals surface area (Å²) in [6, 6.07) is 2.15. The van der Waals surface area contributed by atoms with Gasteiger partial charge in [0.1, 0.15) is 5.76 Å². The number of nitrogens with zero attached hydrogens (tertiary/aromatic N) is 1. The third-order valence-corrected chi connectivity index (χ3v) is 5.09. The fraction of sp³-hybridized carbons (Fsp3) is 0.368. The van der Waals surface area contributed by atoms with Gasteiger partial charge in [0, 0.05) is 18.2 Å². The first kappa shape index (κ1) is 15.2. The molecule has 2 heterocycles. The van der Waals surface area contributed by atoms with Crippen LogP contribution < -0.4 is 0 Å². The molecule has 0 amide bonds. The predicted molar refractivity (Wildman–Crippen MR) is 94.3 cm³/mol. The average Bonchev–Trinajstić information content (AvgIpc) is 3.18. The van der Waals surface area contributed by atoms with Crippen LogP contribution in [0, 0.1) is 5.92 Å². The molecule has 3 rings (SSSR count). The first-order valence-corrected chi connectivity index (χ1v) is 8.83. The molecule has 1 aliphatic heterocycles. The van der Waals surface area contributed by atoms with Crippen molar-refractivity contribution in [3.63, 3.8) is 0 Å². The molecule has 1 aliphatic carbocycles. The zero-order chi connectivity index (χ0) is 15.4. The summed E-state index contributed by atoms with van der Waals surface area (Å²) < 4.78 is 5.53. The summed E-state index contributed by atoms with van der Waals surface area (Å²) in [5.41, 5.74) is 3.74. The van der Waals surface area contributed by atoms with Crippen LogP contribution in [0.15, 0.2) is 58.8 Å². The van der Waals surface area contributed by atoms with Crippen LogP contribution in [0.25, 0.3) is 6.08 Å². The summed E-state index contributed by atoms with van der Waals surface area (Å²) in [5, 5.41) is 4.29. The lowest BCUT2D eigenvalue weighted by atomic mass is 10.0. The molecule has 0 bridgehead atoms. The molecular formula is C19H23NOS. The number of ether oxygens (including phenoxy) is 1. The van der Waals surface area contributed by atoms with Gasteiger partial charge in [-0.05, 0) is 54.1 Å². The van der Waals surface area contributed by atoms with Crippen molar-refractivity contribution in [2.45, 2.75) is 25.7 Å². The predicted octanol–water partition coefficient (Wildman–Crippen LogP) is 5.20. The molecule has 1 unspecified atom stereocenters. The van der Waals surface area contributed by atoms with Crippen molar-refractivity contribution >= 4 is 17.4 Å². The fourth-order valence-corrected chi connectivity index (χ4v) is 3.78. The minimum Gasteiger partial charge on any atom is -0.495 e. The molecule has 0 radical (unpaired) electrons. The number of allylic oxidation sites excluding steroid dienone is 4. The molecule has 0 aromatic carbocycles. The van der Waals surface area contributed by atoms with Gasteiger partial charge in [-0.15, -0.1) is 0 Å². The van der Waals surface area contributed by atoms with Crippen molar-refractivity contribution < 1.29 is 4.74 Å². The molecule has 1 fully saturated rings. The van der Waals surface area contributed by atoms with Gasteiger partial charge in [0.15, 0.2) is 0 Å². The van der Waals surface area contributed by atoms with Crippen LogP contribution in [0.1, 0.15) is 31.2 Å². The Kier molecular flexibility index (Phi) is 4.84. The van der Waals surface area contributed by atoms with E-state index in [1.54, 1.807) is 18.4 Å². The number of thiophene rings is 1. The third kappa shape index (κ3) is 3.20. The number of hydrogen-bond acceptors (Lipinski definition) is 3. The lowest BCUT2D eigenvalue weighted by Gasteiger charge is -2.27. The van der Waals surface area contributed by atoms with Gasteiger partial charge >= 0.3 is 0 Å². The van der Waals surface area contributed by atoms with E-state index in [-0.39, 0.29) is 0 Å². The zero-order valence-corrected chi connectivity index (χ0v) is 13.9. The van der Waals surface area contributed by atoms with Crippen LogP contribution in [0.3, 0.4) is 0 Å². The molecule has 22 heavy (non-hydrogen) atoms. The Balaban J connectivity index is 1.62. The number of hydrogen-bond donors (Lipinski definition) is 0. The monoisotopic (exact) mass is 313 g/mol. The molecule has 1 aromatic rings. The quantitative estimate of drug-likeness (QED) is 0.741. The Morgan fingerprint density at radius 2 is 2.27 bits per heavy atom. The van der Waals surface area contributed by atoms with Gasteiger partial charge in [0.05, 0.1) is 12.8 Å². The molecule has 1 atom stereocenters. The van der Waals surface area contributed by atoms with E-state index >= 15 is 0 Å². The van der Waals surface area contributed by atoms with Gasteiger partial charge in [0.2, 0.25) is 0 Å². The Labute approximate surface area is 137 Å². The maximum absolute atomic E-state index is 5.53. The largest absolute Gasteiger partial charge is 0.495 e. The second kappa shape index (κ2) is 7.01. The minimum atomic E-state index is 0.538. The standard InChI is InChI=1S/C19H23NOS/c1-15-17(7-5-6-16-11-13-22-14-16)10-12-20(15)18-8-3-4-9-19(18)21-2/h5-6,8-9,11,13-14,17H,1,3-4,7,10,12H2,2H3/b6-5+. The van der Waals surface area contributed by atoms with Crippen LogP contribution in [-0.4, -0.2) is 18.6 Å². The summed E-state index contributed by atoms with van der Waals surface area (Å²) in [7, 11) is 1.75. The van der Waals surface area contributed by atoms with E-state index in [0.717, 1.165) is 31.6 Å². The van der Waals surface area contributed by atoms with E-state index in [1.807, 2.05) is 0 Å². The highest BCUT2D eigenvalue weighted by Crippen LogP contribution is 2.36. The molecule has 0 saturated carbocycles. The van der Waals surface area contributed by atoms with Crippen LogP contribution >= 0.6 is 11.3 Å². The van der Waals surface area contributed by atoms with Gasteiger partial charge in [-0.2, -0.15) is 11.3 Å². The topological polar surface area (TPSA) is 12.5 Å². The normalized spacial score (nSPS) is 22.1. The smallest absolute Gasteiger partial charge is 0.138 e. The molecule has 2 aliphatic rings. The molecule has 0 N–H and O–H groups in total. The molecular weight excluding hydrogens is 290 g/mol. The highest BCUT2D eigenvalue weighted by atomic mass is 32.1. The Bertz CT molecular complexity index is 609. The van der Waals surface area contributed by atoms with Crippen molar-refractivity contribution in [3.8, 4) is 0 Å². The molecule has 1 saturated heterocycles. The third-order valence-electron chi connectivity index (χ3n) is 4.39. The highest BCUT2D eigenvalue weighted by Gasteiger charge is 2.29. The number of methoxy groups -OCH3 is 1. The number of rotatable bonds is 5. The van der Waals surface area contributed by atoms with E-state index in [4.69, 9.17) is 4.74 Å². The van der Waals surface area contributed by atoms with Gasteiger partial charge in [-0.3, -0.25) is 0 Å². The first-order chi connectivity index (χ1) is 10.8. The second-order valence-corrected chi connectivity index (χ2v) is 6.54. The lowest BCUT2D eigenvalue weighted by Crippen LogP contribution is -2.21. The molecule has 3 heteroatoms. The Morgan fingerprint density at radius 1 is 1.41 bits per heavy atom. The van der Waals surface area contributed by atoms with Gasteiger partial charge in [-0.25, -0.2) is 0 Å². The zero-order valence-electron chi connectivity index (χ0n) is 13.1. The Morgan fingerprint density at radius 3 is 3.05 bits per heavy atom. The van der Waals surface area contributed by atoms with E-state index in [0.29, 0.717) is 5.92 Å². The molecule has 1 aromatic heterocycles. The number of likely N-dealkylation sites (tertiary alicyclic amines) is 1. The van der Waals surface area contributed by atoms with Crippen molar-refractivity contribution in [1.82, 2.24) is 4.90 Å².